The number of hydrogen-bond acceptors (Lipinski definition) is 0. The lowest BCUT2D eigenvalue weighted by molar-refractivity contribution is 1.65. The molecule has 0 atom stereocenters. The van der Waals surface area contributed by atoms with E-state index in [9.17, 15) is 0 Å². The molecule has 2 aromatic rings. The summed E-state index contributed by atoms with van der Waals surface area (Å²) in [6.45, 7) is 4.63. The molecule has 1 heterocycles. The van der Waals surface area contributed by atoms with E-state index in [-0.39, 0.29) is 0 Å². The third-order valence-corrected chi connectivity index (χ3v) is 8.35. The third kappa shape index (κ3) is 1.97. The van der Waals surface area contributed by atoms with Crippen molar-refractivity contribution in [2.45, 2.75) is 13.1 Å². The van der Waals surface area contributed by atoms with E-state index < -0.39 is 8.07 Å². The maximum Gasteiger partial charge on any atom is 0.117 e. The van der Waals surface area contributed by atoms with Crippen LogP contribution in [0.2, 0.25) is 23.1 Å². The Morgan fingerprint density at radius 3 is 1.58 bits per heavy atom. The first-order valence-electron chi connectivity index (χ1n) is 6.28. The van der Waals surface area contributed by atoms with Crippen LogP contribution in [0.1, 0.15) is 11.1 Å². The standard InChI is InChI=1S/C16H14Cl2Si/c1-19(2)15-11(5-3-7-13(15)17)9-10-12-6-4-8-14(18)16(12)19/h3-10H,1-2H3. The lowest BCUT2D eigenvalue weighted by Gasteiger charge is -2.27. The predicted octanol–water partition coefficient (Wildman–Crippen LogP) is 4.30. The molecule has 0 aliphatic carbocycles. The second-order valence-corrected chi connectivity index (χ2v) is 10.4. The molecular formula is C16H14Cl2Si. The number of fused-ring (bicyclic) bond motifs is 2. The molecule has 0 amide bonds. The van der Waals surface area contributed by atoms with Crippen LogP contribution in [-0.4, -0.2) is 8.07 Å². The Kier molecular flexibility index (Phi) is 3.09. The Bertz CT molecular complexity index is 630. The topological polar surface area (TPSA) is 0 Å². The maximum absolute atomic E-state index is 6.48. The highest BCUT2D eigenvalue weighted by Gasteiger charge is 2.34. The Morgan fingerprint density at radius 1 is 0.737 bits per heavy atom. The zero-order valence-electron chi connectivity index (χ0n) is 10.9. The van der Waals surface area contributed by atoms with Gasteiger partial charge in [0.25, 0.3) is 0 Å². The molecule has 19 heavy (non-hydrogen) atoms. The van der Waals surface area contributed by atoms with Gasteiger partial charge >= 0.3 is 0 Å². The van der Waals surface area contributed by atoms with Crippen molar-refractivity contribution in [2.24, 2.45) is 0 Å². The summed E-state index contributed by atoms with van der Waals surface area (Å²) in [4.78, 5) is 0. The normalized spacial score (nSPS) is 15.6. The van der Waals surface area contributed by atoms with E-state index in [4.69, 9.17) is 23.2 Å². The van der Waals surface area contributed by atoms with Gasteiger partial charge in [-0.15, -0.1) is 0 Å². The van der Waals surface area contributed by atoms with E-state index in [1.54, 1.807) is 0 Å². The van der Waals surface area contributed by atoms with Crippen molar-refractivity contribution in [1.82, 2.24) is 0 Å². The van der Waals surface area contributed by atoms with Crippen molar-refractivity contribution in [2.75, 3.05) is 0 Å². The summed E-state index contributed by atoms with van der Waals surface area (Å²) in [6, 6.07) is 12.2. The van der Waals surface area contributed by atoms with E-state index >= 15 is 0 Å². The fourth-order valence-corrected chi connectivity index (χ4v) is 8.15. The van der Waals surface area contributed by atoms with Crippen LogP contribution in [0, 0.1) is 0 Å². The number of benzene rings is 2. The molecule has 0 saturated carbocycles. The van der Waals surface area contributed by atoms with Gasteiger partial charge in [-0.25, -0.2) is 0 Å². The van der Waals surface area contributed by atoms with Gasteiger partial charge < -0.3 is 0 Å². The minimum atomic E-state index is -1.90. The molecule has 0 bridgehead atoms. The van der Waals surface area contributed by atoms with Crippen molar-refractivity contribution in [3.05, 3.63) is 57.6 Å². The fourth-order valence-electron chi connectivity index (χ4n) is 2.98. The lowest BCUT2D eigenvalue weighted by atomic mass is 10.1. The van der Waals surface area contributed by atoms with Crippen molar-refractivity contribution < 1.29 is 0 Å². The van der Waals surface area contributed by atoms with Crippen molar-refractivity contribution >= 4 is 53.8 Å². The van der Waals surface area contributed by atoms with Crippen LogP contribution < -0.4 is 10.4 Å². The molecule has 0 radical (unpaired) electrons. The molecule has 0 unspecified atom stereocenters. The Hall–Kier alpha value is -1.02. The molecular weight excluding hydrogens is 291 g/mol. The summed E-state index contributed by atoms with van der Waals surface area (Å²) in [5.41, 5.74) is 2.44. The van der Waals surface area contributed by atoms with E-state index in [1.807, 2.05) is 24.3 Å². The zero-order chi connectivity index (χ0) is 13.6. The first kappa shape index (κ1) is 13.0. The average Bonchev–Trinajstić information content (AvgIpc) is 2.46. The summed E-state index contributed by atoms with van der Waals surface area (Å²) in [5.74, 6) is 0. The Balaban J connectivity index is 2.41. The second-order valence-electron chi connectivity index (χ2n) is 5.37. The lowest BCUT2D eigenvalue weighted by Crippen LogP contribution is -2.55. The maximum atomic E-state index is 6.48. The SMILES string of the molecule is C[Si]1(C)c2c(Cl)cccc2C=Cc2cccc(Cl)c21. The molecule has 1 aliphatic rings. The van der Waals surface area contributed by atoms with Gasteiger partial charge in [-0.1, -0.05) is 72.7 Å². The molecule has 0 fully saturated rings. The smallest absolute Gasteiger partial charge is 0.0844 e. The van der Waals surface area contributed by atoms with E-state index in [2.05, 4.69) is 37.4 Å². The van der Waals surface area contributed by atoms with E-state index in [0.717, 1.165) is 10.0 Å². The molecule has 1 aliphatic heterocycles. The van der Waals surface area contributed by atoms with Crippen LogP contribution in [-0.2, 0) is 0 Å². The Labute approximate surface area is 124 Å². The van der Waals surface area contributed by atoms with Gasteiger partial charge in [0.15, 0.2) is 0 Å². The molecule has 2 aromatic carbocycles. The highest BCUT2D eigenvalue weighted by Crippen LogP contribution is 2.25. The summed E-state index contributed by atoms with van der Waals surface area (Å²) < 4.78 is 0. The third-order valence-electron chi connectivity index (χ3n) is 3.78. The summed E-state index contributed by atoms with van der Waals surface area (Å²) >= 11 is 13.0. The quantitative estimate of drug-likeness (QED) is 0.637. The summed E-state index contributed by atoms with van der Waals surface area (Å²) in [7, 11) is -1.90. The molecule has 3 heteroatoms. The highest BCUT2D eigenvalue weighted by molar-refractivity contribution is 7.03. The van der Waals surface area contributed by atoms with Crippen molar-refractivity contribution in [3.8, 4) is 0 Å². The second kappa shape index (κ2) is 4.52. The molecule has 0 N–H and O–H groups in total. The first-order valence-corrected chi connectivity index (χ1v) is 10.0. The number of rotatable bonds is 0. The van der Waals surface area contributed by atoms with Gasteiger partial charge in [-0.05, 0) is 33.6 Å². The van der Waals surface area contributed by atoms with Crippen molar-refractivity contribution in [1.29, 1.82) is 0 Å². The van der Waals surface area contributed by atoms with Crippen LogP contribution >= 0.6 is 23.2 Å². The molecule has 0 saturated heterocycles. The average molecular weight is 305 g/mol. The van der Waals surface area contributed by atoms with Crippen LogP contribution in [0.15, 0.2) is 36.4 Å². The fraction of sp³-hybridized carbons (Fsp3) is 0.125. The van der Waals surface area contributed by atoms with Crippen LogP contribution in [0.5, 0.6) is 0 Å². The van der Waals surface area contributed by atoms with Gasteiger partial charge in [0, 0.05) is 10.0 Å². The molecule has 0 aromatic heterocycles. The van der Waals surface area contributed by atoms with Crippen LogP contribution in [0.25, 0.3) is 12.2 Å². The van der Waals surface area contributed by atoms with Gasteiger partial charge in [0.1, 0.15) is 8.07 Å². The van der Waals surface area contributed by atoms with Gasteiger partial charge in [0.2, 0.25) is 0 Å². The van der Waals surface area contributed by atoms with Crippen LogP contribution in [0.4, 0.5) is 0 Å². The van der Waals surface area contributed by atoms with E-state index in [1.165, 1.54) is 21.5 Å². The molecule has 0 nitrogen and oxygen atoms in total. The summed E-state index contributed by atoms with van der Waals surface area (Å²) in [5, 5.41) is 4.26. The first-order chi connectivity index (χ1) is 9.01. The van der Waals surface area contributed by atoms with Gasteiger partial charge in [0.05, 0.1) is 0 Å². The minimum absolute atomic E-state index is 0.853. The van der Waals surface area contributed by atoms with Gasteiger partial charge in [-0.3, -0.25) is 0 Å². The Morgan fingerprint density at radius 2 is 1.16 bits per heavy atom. The molecule has 96 valence electrons. The predicted molar refractivity (Wildman–Crippen MR) is 88.6 cm³/mol. The largest absolute Gasteiger partial charge is 0.117 e. The molecule has 0 spiro atoms. The molecule has 3 rings (SSSR count). The zero-order valence-corrected chi connectivity index (χ0v) is 13.4. The van der Waals surface area contributed by atoms with Crippen molar-refractivity contribution in [3.63, 3.8) is 0 Å². The number of hydrogen-bond donors (Lipinski definition) is 0. The minimum Gasteiger partial charge on any atom is -0.0844 e. The van der Waals surface area contributed by atoms with Gasteiger partial charge in [-0.2, -0.15) is 0 Å². The highest BCUT2D eigenvalue weighted by atomic mass is 35.5. The summed E-state index contributed by atoms with van der Waals surface area (Å²) in [6.07, 6.45) is 4.30. The van der Waals surface area contributed by atoms with Crippen LogP contribution in [0.3, 0.4) is 0 Å². The monoisotopic (exact) mass is 304 g/mol. The number of halogens is 2. The van der Waals surface area contributed by atoms with E-state index in [0.29, 0.717) is 0 Å².